The van der Waals surface area contributed by atoms with Crippen LogP contribution < -0.4 is 21.3 Å². The Morgan fingerprint density at radius 1 is 0.625 bits per heavy atom. The van der Waals surface area contributed by atoms with E-state index in [4.69, 9.17) is 4.74 Å². The van der Waals surface area contributed by atoms with Gasteiger partial charge < -0.3 is 26.0 Å². The average Bonchev–Trinajstić information content (AvgIpc) is 3.92. The van der Waals surface area contributed by atoms with Crippen molar-refractivity contribution in [1.82, 2.24) is 31.1 Å². The summed E-state index contributed by atoms with van der Waals surface area (Å²) in [6.07, 6.45) is 2.42. The lowest BCUT2D eigenvalue weighted by molar-refractivity contribution is -0.135. The summed E-state index contributed by atoms with van der Waals surface area (Å²) in [5, 5.41) is 11.8. The number of amides is 4. The first-order valence-corrected chi connectivity index (χ1v) is 20.6. The van der Waals surface area contributed by atoms with Crippen LogP contribution in [0.4, 0.5) is 0 Å². The van der Waals surface area contributed by atoms with Crippen molar-refractivity contribution in [1.29, 1.82) is 0 Å². The van der Waals surface area contributed by atoms with Crippen molar-refractivity contribution in [3.63, 3.8) is 0 Å². The van der Waals surface area contributed by atoms with Gasteiger partial charge in [0.15, 0.2) is 5.78 Å². The third-order valence-electron chi connectivity index (χ3n) is 10.7. The standard InChI is InChI=1S/C44H66N6O6/c1-30(2)26-37(40(52)44(7)29-56-44)47-42(54)36(21-19-34-16-12-9-13-17-34)46-43(55)38(27-31(3)4)48-41(53)35(20-18-33-14-10-8-11-15-33)45-39(51)28-49-22-24-50(25-23-49)32(5)6/h8-17,30-32,35-38H,18-29H2,1-7H3,(H,45,51)(H,46,55)(H,47,54)(H,48,53)/t35-,36-,37-,38-,44+/m0/s1. The number of benzene rings is 2. The summed E-state index contributed by atoms with van der Waals surface area (Å²) in [6, 6.07) is 16.3. The number of ketones is 1. The van der Waals surface area contributed by atoms with Gasteiger partial charge in [-0.2, -0.15) is 0 Å². The second kappa shape index (κ2) is 21.4. The lowest BCUT2D eigenvalue weighted by Gasteiger charge is -2.36. The topological polar surface area (TPSA) is 152 Å². The lowest BCUT2D eigenvalue weighted by atomic mass is 9.93. The normalized spacial score (nSPS) is 19.5. The fraction of sp³-hybridized carbons (Fsp3) is 0.614. The number of carbonyl (C=O) groups excluding carboxylic acids is 5. The van der Waals surface area contributed by atoms with Crippen LogP contribution in [0.25, 0.3) is 0 Å². The van der Waals surface area contributed by atoms with Gasteiger partial charge in [0.1, 0.15) is 23.7 Å². The van der Waals surface area contributed by atoms with E-state index in [-0.39, 0.29) is 36.5 Å². The molecule has 308 valence electrons. The summed E-state index contributed by atoms with van der Waals surface area (Å²) in [6.45, 7) is 17.7. The van der Waals surface area contributed by atoms with Gasteiger partial charge in [-0.3, -0.25) is 33.8 Å². The van der Waals surface area contributed by atoms with Crippen LogP contribution in [-0.4, -0.2) is 114 Å². The van der Waals surface area contributed by atoms with Gasteiger partial charge in [-0.1, -0.05) is 88.4 Å². The molecule has 0 saturated carbocycles. The van der Waals surface area contributed by atoms with Crippen LogP contribution in [0.3, 0.4) is 0 Å². The van der Waals surface area contributed by atoms with Crippen LogP contribution in [-0.2, 0) is 41.6 Å². The Morgan fingerprint density at radius 3 is 1.52 bits per heavy atom. The molecule has 2 aromatic carbocycles. The van der Waals surface area contributed by atoms with Gasteiger partial charge in [-0.05, 0) is 82.3 Å². The van der Waals surface area contributed by atoms with E-state index >= 15 is 0 Å². The molecule has 56 heavy (non-hydrogen) atoms. The van der Waals surface area contributed by atoms with Crippen molar-refractivity contribution in [2.24, 2.45) is 11.8 Å². The predicted octanol–water partition coefficient (Wildman–Crippen LogP) is 3.67. The van der Waals surface area contributed by atoms with E-state index in [9.17, 15) is 24.0 Å². The van der Waals surface area contributed by atoms with Crippen molar-refractivity contribution in [3.05, 3.63) is 71.8 Å². The number of aryl methyl sites for hydroxylation is 2. The highest BCUT2D eigenvalue weighted by molar-refractivity contribution is 5.98. The van der Waals surface area contributed by atoms with Gasteiger partial charge in [-0.15, -0.1) is 0 Å². The molecule has 2 saturated heterocycles. The highest BCUT2D eigenvalue weighted by Gasteiger charge is 2.50. The molecule has 12 nitrogen and oxygen atoms in total. The molecule has 2 aliphatic rings. The average molecular weight is 775 g/mol. The van der Waals surface area contributed by atoms with Crippen LogP contribution in [0.1, 0.15) is 85.3 Å². The number of hydrogen-bond donors (Lipinski definition) is 4. The quantitative estimate of drug-likeness (QED) is 0.132. The molecule has 2 aromatic rings. The zero-order chi connectivity index (χ0) is 40.8. The Labute approximate surface area is 334 Å². The molecule has 0 radical (unpaired) electrons. The molecule has 2 aliphatic heterocycles. The highest BCUT2D eigenvalue weighted by Crippen LogP contribution is 2.29. The molecule has 2 fully saturated rings. The van der Waals surface area contributed by atoms with Gasteiger partial charge in [0.05, 0.1) is 19.2 Å². The number of hydrogen-bond acceptors (Lipinski definition) is 8. The SMILES string of the molecule is CC(C)C[C@H](NC(=O)[C@H](CCc1ccccc1)NC(=O)CN1CCN(C(C)C)CC1)C(=O)N[C@@H](CCc1ccccc1)C(=O)N[C@@H](CC(C)C)C(=O)[C@@]1(C)CO1. The molecule has 0 aliphatic carbocycles. The molecule has 4 amide bonds. The molecule has 4 N–H and O–H groups in total. The maximum atomic E-state index is 14.2. The number of piperazine rings is 1. The summed E-state index contributed by atoms with van der Waals surface area (Å²) in [5.41, 5.74) is 1.11. The Morgan fingerprint density at radius 2 is 1.05 bits per heavy atom. The number of nitrogens with zero attached hydrogens (tertiary/aromatic N) is 2. The van der Waals surface area contributed by atoms with E-state index < -0.39 is 47.5 Å². The maximum Gasteiger partial charge on any atom is 0.243 e. The number of Topliss-reactive ketones (excluding diaryl/α,β-unsaturated/α-hetero) is 1. The molecule has 0 aromatic heterocycles. The number of nitrogens with one attached hydrogen (secondary N) is 4. The largest absolute Gasteiger partial charge is 0.361 e. The number of rotatable bonds is 22. The Balaban J connectivity index is 1.49. The second-order valence-corrected chi connectivity index (χ2v) is 16.9. The molecule has 5 atom stereocenters. The first-order chi connectivity index (χ1) is 26.6. The van der Waals surface area contributed by atoms with Crippen molar-refractivity contribution < 1.29 is 28.7 Å². The summed E-state index contributed by atoms with van der Waals surface area (Å²) in [4.78, 5) is 73.6. The zero-order valence-corrected chi connectivity index (χ0v) is 34.6. The fourth-order valence-electron chi connectivity index (χ4n) is 7.17. The van der Waals surface area contributed by atoms with Crippen molar-refractivity contribution >= 4 is 29.4 Å². The van der Waals surface area contributed by atoms with Gasteiger partial charge >= 0.3 is 0 Å². The van der Waals surface area contributed by atoms with Crippen LogP contribution in [0.5, 0.6) is 0 Å². The summed E-state index contributed by atoms with van der Waals surface area (Å²) < 4.78 is 5.43. The first kappa shape index (κ1) is 44.6. The Hall–Kier alpha value is -4.13. The minimum atomic E-state index is -0.977. The molecule has 0 spiro atoms. The van der Waals surface area contributed by atoms with Gasteiger partial charge in [0.2, 0.25) is 23.6 Å². The fourth-order valence-corrected chi connectivity index (χ4v) is 7.17. The first-order valence-electron chi connectivity index (χ1n) is 20.6. The van der Waals surface area contributed by atoms with E-state index in [1.165, 1.54) is 0 Å². The maximum absolute atomic E-state index is 14.2. The molecular formula is C44H66N6O6. The van der Waals surface area contributed by atoms with Crippen molar-refractivity contribution in [3.8, 4) is 0 Å². The molecule has 2 heterocycles. The van der Waals surface area contributed by atoms with Crippen LogP contribution >= 0.6 is 0 Å². The third-order valence-corrected chi connectivity index (χ3v) is 10.7. The van der Waals surface area contributed by atoms with Crippen LogP contribution in [0, 0.1) is 11.8 Å². The number of carbonyl (C=O) groups is 5. The minimum absolute atomic E-state index is 0.0249. The van der Waals surface area contributed by atoms with Gasteiger partial charge in [0, 0.05) is 32.2 Å². The second-order valence-electron chi connectivity index (χ2n) is 16.9. The summed E-state index contributed by atoms with van der Waals surface area (Å²) in [5.74, 6) is -1.69. The summed E-state index contributed by atoms with van der Waals surface area (Å²) in [7, 11) is 0. The smallest absolute Gasteiger partial charge is 0.243 e. The highest BCUT2D eigenvalue weighted by atomic mass is 16.6. The number of epoxide rings is 1. The van der Waals surface area contributed by atoms with E-state index in [0.29, 0.717) is 44.8 Å². The Bertz CT molecular complexity index is 1570. The van der Waals surface area contributed by atoms with E-state index in [0.717, 1.165) is 37.3 Å². The molecule has 4 rings (SSSR count). The predicted molar refractivity (Wildman–Crippen MR) is 219 cm³/mol. The summed E-state index contributed by atoms with van der Waals surface area (Å²) >= 11 is 0. The zero-order valence-electron chi connectivity index (χ0n) is 34.6. The monoisotopic (exact) mass is 775 g/mol. The Kier molecular flexibility index (Phi) is 17.0. The molecule has 0 unspecified atom stereocenters. The van der Waals surface area contributed by atoms with Gasteiger partial charge in [-0.25, -0.2) is 0 Å². The van der Waals surface area contributed by atoms with E-state index in [2.05, 4.69) is 44.9 Å². The molecule has 12 heteroatoms. The molecule has 0 bridgehead atoms. The number of ether oxygens (including phenoxy) is 1. The molecular weight excluding hydrogens is 709 g/mol. The van der Waals surface area contributed by atoms with Gasteiger partial charge in [0.25, 0.3) is 0 Å². The third kappa shape index (κ3) is 14.4. The van der Waals surface area contributed by atoms with E-state index in [1.54, 1.807) is 6.92 Å². The lowest BCUT2D eigenvalue weighted by Crippen LogP contribution is -2.59. The minimum Gasteiger partial charge on any atom is -0.361 e. The van der Waals surface area contributed by atoms with Crippen molar-refractivity contribution in [2.45, 2.75) is 123 Å². The van der Waals surface area contributed by atoms with Crippen LogP contribution in [0.15, 0.2) is 60.7 Å². The van der Waals surface area contributed by atoms with Crippen molar-refractivity contribution in [2.75, 3.05) is 39.3 Å². The van der Waals surface area contributed by atoms with E-state index in [1.807, 2.05) is 88.4 Å². The van der Waals surface area contributed by atoms with Crippen LogP contribution in [0.2, 0.25) is 0 Å².